The molecule has 7 heteroatoms. The zero-order valence-corrected chi connectivity index (χ0v) is 12.8. The zero-order valence-electron chi connectivity index (χ0n) is 11.9. The molecular formula is C15H16N2O4S. The van der Waals surface area contributed by atoms with Crippen LogP contribution in [0.15, 0.2) is 41.4 Å². The van der Waals surface area contributed by atoms with Crippen molar-refractivity contribution < 1.29 is 17.9 Å². The van der Waals surface area contributed by atoms with Crippen LogP contribution in [0.3, 0.4) is 0 Å². The van der Waals surface area contributed by atoms with Crippen molar-refractivity contribution in [1.82, 2.24) is 8.87 Å². The van der Waals surface area contributed by atoms with Crippen LogP contribution in [-0.2, 0) is 23.1 Å². The first-order valence-electron chi connectivity index (χ1n) is 7.18. The molecule has 2 aliphatic heterocycles. The Morgan fingerprint density at radius 1 is 1.00 bits per heavy atom. The SMILES string of the molecule is O=S(=O)(c1ccc2c(c1)OCCO2)N1CCn2cccc2C1. The molecule has 0 saturated carbocycles. The van der Waals surface area contributed by atoms with Gasteiger partial charge in [-0.1, -0.05) is 0 Å². The van der Waals surface area contributed by atoms with Crippen LogP contribution < -0.4 is 9.47 Å². The lowest BCUT2D eigenvalue weighted by atomic mass is 10.3. The molecule has 22 heavy (non-hydrogen) atoms. The van der Waals surface area contributed by atoms with Crippen LogP contribution in [0.25, 0.3) is 0 Å². The minimum Gasteiger partial charge on any atom is -0.486 e. The van der Waals surface area contributed by atoms with Crippen molar-refractivity contribution in [3.05, 3.63) is 42.2 Å². The third-order valence-electron chi connectivity index (χ3n) is 4.00. The predicted molar refractivity (Wildman–Crippen MR) is 79.5 cm³/mol. The molecule has 6 nitrogen and oxygen atoms in total. The Balaban J connectivity index is 1.66. The summed E-state index contributed by atoms with van der Waals surface area (Å²) in [5, 5.41) is 0. The summed E-state index contributed by atoms with van der Waals surface area (Å²) in [4.78, 5) is 0.247. The van der Waals surface area contributed by atoms with Gasteiger partial charge in [0.15, 0.2) is 11.5 Å². The molecule has 1 aromatic heterocycles. The van der Waals surface area contributed by atoms with Crippen LogP contribution in [0.5, 0.6) is 11.5 Å². The van der Waals surface area contributed by atoms with Gasteiger partial charge in [-0.15, -0.1) is 0 Å². The van der Waals surface area contributed by atoms with Gasteiger partial charge in [0.05, 0.1) is 11.4 Å². The van der Waals surface area contributed by atoms with E-state index in [0.29, 0.717) is 44.3 Å². The molecule has 0 amide bonds. The van der Waals surface area contributed by atoms with E-state index in [1.165, 1.54) is 4.31 Å². The second-order valence-corrected chi connectivity index (χ2v) is 7.27. The molecule has 1 aromatic carbocycles. The first-order chi connectivity index (χ1) is 10.6. The summed E-state index contributed by atoms with van der Waals surface area (Å²) in [6, 6.07) is 8.68. The molecular weight excluding hydrogens is 304 g/mol. The number of aromatic nitrogens is 1. The van der Waals surface area contributed by atoms with Gasteiger partial charge >= 0.3 is 0 Å². The number of sulfonamides is 1. The predicted octanol–water partition coefficient (Wildman–Crippen LogP) is 1.46. The van der Waals surface area contributed by atoms with Crippen LogP contribution in [0.2, 0.25) is 0 Å². The monoisotopic (exact) mass is 320 g/mol. The van der Waals surface area contributed by atoms with Crippen molar-refractivity contribution in [2.75, 3.05) is 19.8 Å². The number of fused-ring (bicyclic) bond motifs is 2. The highest BCUT2D eigenvalue weighted by molar-refractivity contribution is 7.89. The largest absolute Gasteiger partial charge is 0.486 e. The Kier molecular flexibility index (Phi) is 3.12. The van der Waals surface area contributed by atoms with Crippen molar-refractivity contribution in [2.24, 2.45) is 0 Å². The molecule has 4 rings (SSSR count). The Hall–Kier alpha value is -1.99. The highest BCUT2D eigenvalue weighted by Crippen LogP contribution is 2.33. The number of ether oxygens (including phenoxy) is 2. The minimum absolute atomic E-state index is 0.247. The van der Waals surface area contributed by atoms with Crippen LogP contribution in [0, 0.1) is 0 Å². The highest BCUT2D eigenvalue weighted by Gasteiger charge is 2.29. The van der Waals surface area contributed by atoms with Crippen molar-refractivity contribution >= 4 is 10.0 Å². The van der Waals surface area contributed by atoms with E-state index in [2.05, 4.69) is 4.57 Å². The van der Waals surface area contributed by atoms with Crippen molar-refractivity contribution in [1.29, 1.82) is 0 Å². The van der Waals surface area contributed by atoms with Gasteiger partial charge in [0, 0.05) is 31.0 Å². The minimum atomic E-state index is -3.53. The lowest BCUT2D eigenvalue weighted by molar-refractivity contribution is 0.171. The maximum atomic E-state index is 12.8. The van der Waals surface area contributed by atoms with Gasteiger partial charge in [0.1, 0.15) is 13.2 Å². The smallest absolute Gasteiger partial charge is 0.243 e. The summed E-state index contributed by atoms with van der Waals surface area (Å²) in [6.07, 6.45) is 1.98. The standard InChI is InChI=1S/C15H16N2O4S/c18-22(19,17-7-6-16-5-1-2-12(16)11-17)13-3-4-14-15(10-13)21-9-8-20-14/h1-5,10H,6-9,11H2. The van der Waals surface area contributed by atoms with Gasteiger partial charge in [-0.2, -0.15) is 4.31 Å². The second kappa shape index (κ2) is 5.03. The number of rotatable bonds is 2. The van der Waals surface area contributed by atoms with E-state index in [1.54, 1.807) is 18.2 Å². The first kappa shape index (κ1) is 13.7. The molecule has 116 valence electrons. The quantitative estimate of drug-likeness (QED) is 0.840. The van der Waals surface area contributed by atoms with E-state index in [9.17, 15) is 8.42 Å². The Morgan fingerprint density at radius 2 is 1.82 bits per heavy atom. The van der Waals surface area contributed by atoms with Gasteiger partial charge in [-0.25, -0.2) is 8.42 Å². The molecule has 2 aromatic rings. The summed E-state index contributed by atoms with van der Waals surface area (Å²) < 4.78 is 40.2. The summed E-state index contributed by atoms with van der Waals surface area (Å²) in [6.45, 7) is 2.46. The third kappa shape index (κ3) is 2.17. The highest BCUT2D eigenvalue weighted by atomic mass is 32.2. The molecule has 0 fully saturated rings. The van der Waals surface area contributed by atoms with Gasteiger partial charge in [0.25, 0.3) is 0 Å². The van der Waals surface area contributed by atoms with Crippen LogP contribution >= 0.6 is 0 Å². The lowest BCUT2D eigenvalue weighted by Gasteiger charge is -2.28. The van der Waals surface area contributed by atoms with Crippen LogP contribution in [0.4, 0.5) is 0 Å². The van der Waals surface area contributed by atoms with E-state index in [1.807, 2.05) is 18.3 Å². The molecule has 0 aliphatic carbocycles. The zero-order chi connectivity index (χ0) is 15.2. The maximum Gasteiger partial charge on any atom is 0.243 e. The average Bonchev–Trinajstić information content (AvgIpc) is 3.02. The lowest BCUT2D eigenvalue weighted by Crippen LogP contribution is -2.37. The maximum absolute atomic E-state index is 12.8. The molecule has 0 unspecified atom stereocenters. The van der Waals surface area contributed by atoms with Crippen LogP contribution in [0.1, 0.15) is 5.69 Å². The van der Waals surface area contributed by atoms with Gasteiger partial charge < -0.3 is 14.0 Å². The third-order valence-corrected chi connectivity index (χ3v) is 5.84. The van der Waals surface area contributed by atoms with Crippen molar-refractivity contribution in [3.8, 4) is 11.5 Å². The van der Waals surface area contributed by atoms with Crippen molar-refractivity contribution in [3.63, 3.8) is 0 Å². The van der Waals surface area contributed by atoms with E-state index >= 15 is 0 Å². The van der Waals surface area contributed by atoms with Gasteiger partial charge in [-0.3, -0.25) is 0 Å². The summed E-state index contributed by atoms with van der Waals surface area (Å²) in [5.74, 6) is 1.09. The molecule has 3 heterocycles. The summed E-state index contributed by atoms with van der Waals surface area (Å²) in [5.41, 5.74) is 1.01. The van der Waals surface area contributed by atoms with Crippen molar-refractivity contribution in [2.45, 2.75) is 18.0 Å². The Morgan fingerprint density at radius 3 is 2.68 bits per heavy atom. The topological polar surface area (TPSA) is 60.8 Å². The Labute approximate surface area is 128 Å². The molecule has 0 N–H and O–H groups in total. The number of nitrogens with zero attached hydrogens (tertiary/aromatic N) is 2. The van der Waals surface area contributed by atoms with E-state index in [-0.39, 0.29) is 4.90 Å². The Bertz CT molecular complexity index is 813. The fraction of sp³-hybridized carbons (Fsp3) is 0.333. The number of benzene rings is 1. The summed E-state index contributed by atoms with van der Waals surface area (Å²) in [7, 11) is -3.53. The fourth-order valence-corrected chi connectivity index (χ4v) is 4.25. The fourth-order valence-electron chi connectivity index (χ4n) is 2.83. The summed E-state index contributed by atoms with van der Waals surface area (Å²) >= 11 is 0. The molecule has 0 spiro atoms. The molecule has 0 saturated heterocycles. The molecule has 0 atom stereocenters. The van der Waals surface area contributed by atoms with Gasteiger partial charge in [-0.05, 0) is 24.3 Å². The molecule has 0 radical (unpaired) electrons. The van der Waals surface area contributed by atoms with E-state index in [4.69, 9.17) is 9.47 Å². The number of hydrogen-bond donors (Lipinski definition) is 0. The van der Waals surface area contributed by atoms with E-state index < -0.39 is 10.0 Å². The number of hydrogen-bond acceptors (Lipinski definition) is 4. The first-order valence-corrected chi connectivity index (χ1v) is 8.62. The van der Waals surface area contributed by atoms with Gasteiger partial charge in [0.2, 0.25) is 10.0 Å². The van der Waals surface area contributed by atoms with Crippen LogP contribution in [-0.4, -0.2) is 37.0 Å². The average molecular weight is 320 g/mol. The van der Waals surface area contributed by atoms with E-state index in [0.717, 1.165) is 5.69 Å². The molecule has 0 bridgehead atoms. The molecule has 2 aliphatic rings. The second-order valence-electron chi connectivity index (χ2n) is 5.34. The normalized spacial score (nSPS) is 18.0.